The number of amides is 1. The second-order valence-electron chi connectivity index (χ2n) is 5.88. The van der Waals surface area contributed by atoms with Crippen LogP contribution in [0, 0.1) is 6.92 Å². The molecular formula is C19H18N2O3. The summed E-state index contributed by atoms with van der Waals surface area (Å²) >= 11 is 0. The first-order valence-electron chi connectivity index (χ1n) is 7.96. The summed E-state index contributed by atoms with van der Waals surface area (Å²) in [6.07, 6.45) is -0.200. The number of carbonyl (C=O) groups is 1. The zero-order valence-electron chi connectivity index (χ0n) is 13.3. The summed E-state index contributed by atoms with van der Waals surface area (Å²) in [6, 6.07) is 15.3. The third kappa shape index (κ3) is 2.58. The molecular weight excluding hydrogens is 304 g/mol. The topological polar surface area (TPSA) is 63.4 Å². The molecule has 2 heterocycles. The molecule has 1 aromatic heterocycles. The van der Waals surface area contributed by atoms with E-state index in [1.54, 1.807) is 0 Å². The highest BCUT2D eigenvalue weighted by Gasteiger charge is 2.22. The van der Waals surface area contributed by atoms with E-state index in [1.807, 2.05) is 55.5 Å². The van der Waals surface area contributed by atoms with Gasteiger partial charge in [-0.25, -0.2) is 0 Å². The fourth-order valence-electron chi connectivity index (χ4n) is 3.03. The van der Waals surface area contributed by atoms with Crippen LogP contribution >= 0.6 is 0 Å². The molecule has 0 spiro atoms. The van der Waals surface area contributed by atoms with Crippen molar-refractivity contribution in [3.63, 3.8) is 0 Å². The fourth-order valence-corrected chi connectivity index (χ4v) is 3.03. The Morgan fingerprint density at radius 3 is 2.79 bits per heavy atom. The van der Waals surface area contributed by atoms with Crippen molar-refractivity contribution in [2.75, 3.05) is 13.2 Å². The van der Waals surface area contributed by atoms with Crippen LogP contribution in [0.4, 0.5) is 0 Å². The number of rotatable bonds is 3. The van der Waals surface area contributed by atoms with Gasteiger partial charge in [-0.1, -0.05) is 30.3 Å². The minimum atomic E-state index is -0.200. The monoisotopic (exact) mass is 322 g/mol. The molecule has 0 saturated heterocycles. The highest BCUT2D eigenvalue weighted by molar-refractivity contribution is 6.08. The molecule has 0 aliphatic carbocycles. The third-order valence-electron chi connectivity index (χ3n) is 4.18. The molecule has 4 rings (SSSR count). The molecule has 5 nitrogen and oxygen atoms in total. The minimum Gasteiger partial charge on any atom is -0.486 e. The van der Waals surface area contributed by atoms with E-state index in [-0.39, 0.29) is 12.0 Å². The Morgan fingerprint density at radius 1 is 1.17 bits per heavy atom. The van der Waals surface area contributed by atoms with Gasteiger partial charge in [0.25, 0.3) is 5.91 Å². The molecule has 0 fully saturated rings. The number of hydrogen-bond acceptors (Lipinski definition) is 3. The molecule has 1 atom stereocenters. The molecule has 1 unspecified atom stereocenters. The highest BCUT2D eigenvalue weighted by Crippen LogP contribution is 2.30. The number of hydrogen-bond donors (Lipinski definition) is 2. The van der Waals surface area contributed by atoms with E-state index in [1.165, 1.54) is 0 Å². The molecule has 2 aromatic carbocycles. The summed E-state index contributed by atoms with van der Waals surface area (Å²) in [5.74, 6) is 1.35. The van der Waals surface area contributed by atoms with Crippen LogP contribution in [0.3, 0.4) is 0 Å². The molecule has 1 amide bonds. The standard InChI is InChI=1S/C19H18N2O3/c1-12-18(14-6-2-3-7-15(14)21-12)19(22)20-10-13-11-23-16-8-4-5-9-17(16)24-13/h2-9,13,21H,10-11H2,1H3,(H,20,22). The molecule has 122 valence electrons. The molecule has 3 aromatic rings. The Kier molecular flexibility index (Phi) is 3.61. The molecule has 0 saturated carbocycles. The number of fused-ring (bicyclic) bond motifs is 2. The molecule has 1 aliphatic rings. The number of aromatic nitrogens is 1. The molecule has 5 heteroatoms. The van der Waals surface area contributed by atoms with Crippen LogP contribution in [-0.4, -0.2) is 30.1 Å². The lowest BCUT2D eigenvalue weighted by molar-refractivity contribution is 0.0790. The smallest absolute Gasteiger partial charge is 0.253 e. The van der Waals surface area contributed by atoms with E-state index >= 15 is 0 Å². The summed E-state index contributed by atoms with van der Waals surface area (Å²) in [5.41, 5.74) is 2.51. The van der Waals surface area contributed by atoms with Gasteiger partial charge in [0, 0.05) is 16.6 Å². The van der Waals surface area contributed by atoms with Gasteiger partial charge >= 0.3 is 0 Å². The van der Waals surface area contributed by atoms with Crippen molar-refractivity contribution in [2.24, 2.45) is 0 Å². The Labute approximate surface area is 139 Å². The molecule has 0 radical (unpaired) electrons. The van der Waals surface area contributed by atoms with Crippen molar-refractivity contribution in [3.8, 4) is 11.5 Å². The minimum absolute atomic E-state index is 0.104. The number of benzene rings is 2. The number of para-hydroxylation sites is 3. The number of carbonyl (C=O) groups excluding carboxylic acids is 1. The Hall–Kier alpha value is -2.95. The maximum absolute atomic E-state index is 12.6. The number of ether oxygens (including phenoxy) is 2. The number of nitrogens with one attached hydrogen (secondary N) is 2. The van der Waals surface area contributed by atoms with Crippen LogP contribution in [0.25, 0.3) is 10.9 Å². The van der Waals surface area contributed by atoms with Crippen LogP contribution in [-0.2, 0) is 0 Å². The van der Waals surface area contributed by atoms with Gasteiger partial charge in [0.05, 0.1) is 12.1 Å². The van der Waals surface area contributed by atoms with Crippen molar-refractivity contribution >= 4 is 16.8 Å². The Morgan fingerprint density at radius 2 is 1.92 bits per heavy atom. The zero-order valence-corrected chi connectivity index (χ0v) is 13.3. The summed E-state index contributed by atoms with van der Waals surface area (Å²) in [4.78, 5) is 15.8. The van der Waals surface area contributed by atoms with Crippen LogP contribution in [0.2, 0.25) is 0 Å². The summed E-state index contributed by atoms with van der Waals surface area (Å²) in [5, 5.41) is 3.88. The summed E-state index contributed by atoms with van der Waals surface area (Å²) < 4.78 is 11.5. The van der Waals surface area contributed by atoms with Crippen molar-refractivity contribution in [3.05, 3.63) is 59.8 Å². The van der Waals surface area contributed by atoms with Gasteiger partial charge in [0.1, 0.15) is 12.7 Å². The number of H-pyrrole nitrogens is 1. The van der Waals surface area contributed by atoms with Gasteiger partial charge in [-0.15, -0.1) is 0 Å². The first-order chi connectivity index (χ1) is 11.7. The van der Waals surface area contributed by atoms with E-state index in [4.69, 9.17) is 9.47 Å². The number of aromatic amines is 1. The van der Waals surface area contributed by atoms with Crippen molar-refractivity contribution < 1.29 is 14.3 Å². The van der Waals surface area contributed by atoms with E-state index in [2.05, 4.69) is 10.3 Å². The fraction of sp³-hybridized carbons (Fsp3) is 0.211. The maximum Gasteiger partial charge on any atom is 0.253 e. The van der Waals surface area contributed by atoms with Crippen molar-refractivity contribution in [1.29, 1.82) is 0 Å². The maximum atomic E-state index is 12.6. The largest absolute Gasteiger partial charge is 0.486 e. The van der Waals surface area contributed by atoms with Gasteiger partial charge in [-0.2, -0.15) is 0 Å². The second kappa shape index (κ2) is 5.92. The molecule has 0 bridgehead atoms. The van der Waals surface area contributed by atoms with Gasteiger partial charge in [0.2, 0.25) is 0 Å². The van der Waals surface area contributed by atoms with Gasteiger partial charge in [0.15, 0.2) is 11.5 Å². The molecule has 24 heavy (non-hydrogen) atoms. The lowest BCUT2D eigenvalue weighted by Crippen LogP contribution is -2.40. The van der Waals surface area contributed by atoms with Gasteiger partial charge in [-0.05, 0) is 25.1 Å². The predicted octanol–water partition coefficient (Wildman–Crippen LogP) is 3.05. The summed E-state index contributed by atoms with van der Waals surface area (Å²) in [6.45, 7) is 2.72. The van der Waals surface area contributed by atoms with E-state index in [0.29, 0.717) is 24.5 Å². The van der Waals surface area contributed by atoms with Crippen molar-refractivity contribution in [2.45, 2.75) is 13.0 Å². The van der Waals surface area contributed by atoms with Crippen LogP contribution in [0.1, 0.15) is 16.1 Å². The lowest BCUT2D eigenvalue weighted by Gasteiger charge is -2.26. The van der Waals surface area contributed by atoms with Crippen molar-refractivity contribution in [1.82, 2.24) is 10.3 Å². The highest BCUT2D eigenvalue weighted by atomic mass is 16.6. The van der Waals surface area contributed by atoms with Gasteiger partial charge < -0.3 is 19.8 Å². The Bertz CT molecular complexity index is 901. The Balaban J connectivity index is 1.46. The first-order valence-corrected chi connectivity index (χ1v) is 7.96. The van der Waals surface area contributed by atoms with Crippen LogP contribution in [0.5, 0.6) is 11.5 Å². The van der Waals surface area contributed by atoms with Crippen LogP contribution in [0.15, 0.2) is 48.5 Å². The average molecular weight is 322 g/mol. The number of aryl methyl sites for hydroxylation is 1. The third-order valence-corrected chi connectivity index (χ3v) is 4.18. The summed E-state index contributed by atoms with van der Waals surface area (Å²) in [7, 11) is 0. The van der Waals surface area contributed by atoms with Gasteiger partial charge in [-0.3, -0.25) is 4.79 Å². The molecule has 1 aliphatic heterocycles. The predicted molar refractivity (Wildman–Crippen MR) is 91.7 cm³/mol. The van der Waals surface area contributed by atoms with E-state index < -0.39 is 0 Å². The SMILES string of the molecule is Cc1[nH]c2ccccc2c1C(=O)NCC1COc2ccccc2O1. The second-order valence-corrected chi connectivity index (χ2v) is 5.88. The zero-order chi connectivity index (χ0) is 16.5. The van der Waals surface area contributed by atoms with Crippen LogP contribution < -0.4 is 14.8 Å². The van der Waals surface area contributed by atoms with E-state index in [9.17, 15) is 4.79 Å². The van der Waals surface area contributed by atoms with E-state index in [0.717, 1.165) is 22.3 Å². The quantitative estimate of drug-likeness (QED) is 0.779. The normalized spacial score (nSPS) is 16.1. The first kappa shape index (κ1) is 14.6. The average Bonchev–Trinajstić information content (AvgIpc) is 2.95. The lowest BCUT2D eigenvalue weighted by atomic mass is 10.1. The molecule has 2 N–H and O–H groups in total.